The molecule has 0 bridgehead atoms. The van der Waals surface area contributed by atoms with E-state index in [9.17, 15) is 4.79 Å². The number of rotatable bonds is 4. The molecule has 1 aliphatic rings. The molecule has 6 nitrogen and oxygen atoms in total. The average molecular weight is 289 g/mol. The van der Waals surface area contributed by atoms with Crippen LogP contribution in [0, 0.1) is 0 Å². The van der Waals surface area contributed by atoms with Gasteiger partial charge in [-0.25, -0.2) is 4.79 Å². The summed E-state index contributed by atoms with van der Waals surface area (Å²) in [5.41, 5.74) is 10.1. The van der Waals surface area contributed by atoms with Crippen molar-refractivity contribution in [3.8, 4) is 5.75 Å². The number of hydrogen-bond donors (Lipinski definition) is 0. The van der Waals surface area contributed by atoms with Gasteiger partial charge < -0.3 is 9.47 Å². The van der Waals surface area contributed by atoms with Crippen molar-refractivity contribution in [3.05, 3.63) is 39.8 Å². The number of benzene rings is 1. The Morgan fingerprint density at radius 1 is 1.38 bits per heavy atom. The van der Waals surface area contributed by atoms with E-state index in [0.717, 1.165) is 31.2 Å². The molecule has 0 heterocycles. The van der Waals surface area contributed by atoms with Crippen molar-refractivity contribution in [1.82, 2.24) is 0 Å². The van der Waals surface area contributed by atoms with Gasteiger partial charge in [0.1, 0.15) is 11.3 Å². The number of nitrogens with zero attached hydrogens (tertiary/aromatic N) is 3. The maximum atomic E-state index is 11.8. The minimum Gasteiger partial charge on any atom is -0.496 e. The lowest BCUT2D eigenvalue weighted by Gasteiger charge is -2.27. The number of hydrogen-bond acceptors (Lipinski definition) is 4. The van der Waals surface area contributed by atoms with Gasteiger partial charge in [0.05, 0.1) is 14.2 Å². The lowest BCUT2D eigenvalue weighted by Crippen LogP contribution is -2.17. The van der Waals surface area contributed by atoms with E-state index in [1.54, 1.807) is 6.07 Å². The highest BCUT2D eigenvalue weighted by atomic mass is 16.5. The highest BCUT2D eigenvalue weighted by molar-refractivity contribution is 5.92. The van der Waals surface area contributed by atoms with E-state index in [1.807, 2.05) is 12.1 Å². The van der Waals surface area contributed by atoms with Crippen molar-refractivity contribution in [3.63, 3.8) is 0 Å². The fourth-order valence-corrected chi connectivity index (χ4v) is 2.89. The van der Waals surface area contributed by atoms with E-state index in [2.05, 4.69) is 10.0 Å². The topological polar surface area (TPSA) is 84.3 Å². The van der Waals surface area contributed by atoms with Crippen LogP contribution in [-0.2, 0) is 4.74 Å². The Kier molecular flexibility index (Phi) is 5.06. The minimum atomic E-state index is -0.406. The molecular weight excluding hydrogens is 270 g/mol. The van der Waals surface area contributed by atoms with Crippen molar-refractivity contribution in [2.24, 2.45) is 5.11 Å². The quantitative estimate of drug-likeness (QED) is 0.365. The molecule has 1 aromatic carbocycles. The standard InChI is InChI=1S/C15H19N3O3/c1-20-14-7-6-11(9-13(14)15(19)21-2)10-4-3-5-12(8-10)17-18-16/h6-7,9-10,12H,3-5,8H2,1-2H3. The molecular formula is C15H19N3O3. The number of esters is 1. The van der Waals surface area contributed by atoms with Crippen molar-refractivity contribution in [2.75, 3.05) is 14.2 Å². The fraction of sp³-hybridized carbons (Fsp3) is 0.533. The van der Waals surface area contributed by atoms with Crippen molar-refractivity contribution in [1.29, 1.82) is 0 Å². The molecule has 0 N–H and O–H groups in total. The molecule has 1 aromatic rings. The van der Waals surface area contributed by atoms with Crippen LogP contribution >= 0.6 is 0 Å². The second-order valence-electron chi connectivity index (χ2n) is 5.17. The summed E-state index contributed by atoms with van der Waals surface area (Å²) < 4.78 is 10.00. The molecule has 21 heavy (non-hydrogen) atoms. The molecule has 1 fully saturated rings. The van der Waals surface area contributed by atoms with Crippen molar-refractivity contribution < 1.29 is 14.3 Å². The van der Waals surface area contributed by atoms with Gasteiger partial charge in [0.25, 0.3) is 0 Å². The van der Waals surface area contributed by atoms with Crippen molar-refractivity contribution in [2.45, 2.75) is 37.6 Å². The molecule has 0 amide bonds. The molecule has 1 saturated carbocycles. The maximum Gasteiger partial charge on any atom is 0.341 e. The zero-order chi connectivity index (χ0) is 15.2. The summed E-state index contributed by atoms with van der Waals surface area (Å²) in [4.78, 5) is 14.7. The normalized spacial score (nSPS) is 21.2. The van der Waals surface area contributed by atoms with Crippen LogP contribution in [0.2, 0.25) is 0 Å². The van der Waals surface area contributed by atoms with Crippen LogP contribution in [0.25, 0.3) is 10.4 Å². The SMILES string of the molecule is COC(=O)c1cc(C2CCCC(N=[N+]=[N-])C2)ccc1OC. The van der Waals surface area contributed by atoms with Crippen LogP contribution in [0.15, 0.2) is 23.3 Å². The first-order chi connectivity index (χ1) is 10.2. The number of carbonyl (C=O) groups is 1. The Bertz CT molecular complexity index is 567. The molecule has 0 aliphatic heterocycles. The summed E-state index contributed by atoms with van der Waals surface area (Å²) in [6.07, 6.45) is 3.80. The van der Waals surface area contributed by atoms with E-state index in [4.69, 9.17) is 15.0 Å². The van der Waals surface area contributed by atoms with E-state index >= 15 is 0 Å². The molecule has 0 saturated heterocycles. The van der Waals surface area contributed by atoms with Gasteiger partial charge in [0, 0.05) is 11.0 Å². The first kappa shape index (κ1) is 15.2. The van der Waals surface area contributed by atoms with E-state index < -0.39 is 5.97 Å². The predicted molar refractivity (Wildman–Crippen MR) is 78.5 cm³/mol. The van der Waals surface area contributed by atoms with Crippen LogP contribution < -0.4 is 4.74 Å². The number of methoxy groups -OCH3 is 2. The van der Waals surface area contributed by atoms with Crippen LogP contribution in [0.3, 0.4) is 0 Å². The number of ether oxygens (including phenoxy) is 2. The maximum absolute atomic E-state index is 11.8. The first-order valence-electron chi connectivity index (χ1n) is 7.00. The van der Waals surface area contributed by atoms with Gasteiger partial charge in [0.15, 0.2) is 0 Å². The van der Waals surface area contributed by atoms with Gasteiger partial charge in [-0.05, 0) is 48.4 Å². The molecule has 2 unspecified atom stereocenters. The molecule has 0 aromatic heterocycles. The zero-order valence-electron chi connectivity index (χ0n) is 12.3. The lowest BCUT2D eigenvalue weighted by molar-refractivity contribution is 0.0597. The van der Waals surface area contributed by atoms with Crippen LogP contribution in [0.5, 0.6) is 5.75 Å². The average Bonchev–Trinajstić information content (AvgIpc) is 2.54. The highest BCUT2D eigenvalue weighted by Crippen LogP contribution is 2.36. The van der Waals surface area contributed by atoms with E-state index in [1.165, 1.54) is 14.2 Å². The third-order valence-electron chi connectivity index (χ3n) is 3.96. The predicted octanol–water partition coefficient (Wildman–Crippen LogP) is 3.82. The summed E-state index contributed by atoms with van der Waals surface area (Å²) in [5, 5.41) is 3.83. The molecule has 112 valence electrons. The Balaban J connectivity index is 2.27. The molecule has 1 aliphatic carbocycles. The third-order valence-corrected chi connectivity index (χ3v) is 3.96. The Labute approximate surface area is 123 Å². The molecule has 0 radical (unpaired) electrons. The van der Waals surface area contributed by atoms with Gasteiger partial charge in [0.2, 0.25) is 0 Å². The summed E-state index contributed by atoms with van der Waals surface area (Å²) in [6.45, 7) is 0. The van der Waals surface area contributed by atoms with Gasteiger partial charge in [-0.1, -0.05) is 17.6 Å². The Morgan fingerprint density at radius 2 is 2.19 bits per heavy atom. The van der Waals surface area contributed by atoms with Crippen LogP contribution in [-0.4, -0.2) is 26.2 Å². The smallest absolute Gasteiger partial charge is 0.341 e. The lowest BCUT2D eigenvalue weighted by atomic mass is 9.81. The summed E-state index contributed by atoms with van der Waals surface area (Å²) >= 11 is 0. The minimum absolute atomic E-state index is 0.0393. The number of azide groups is 1. The number of carbonyl (C=O) groups excluding carboxylic acids is 1. The molecule has 0 spiro atoms. The Hall–Kier alpha value is -2.20. The first-order valence-corrected chi connectivity index (χ1v) is 7.00. The monoisotopic (exact) mass is 289 g/mol. The van der Waals surface area contributed by atoms with Gasteiger partial charge >= 0.3 is 5.97 Å². The summed E-state index contributed by atoms with van der Waals surface area (Å²) in [7, 11) is 2.88. The van der Waals surface area contributed by atoms with Gasteiger partial charge in [-0.15, -0.1) is 0 Å². The second kappa shape index (κ2) is 6.99. The molecule has 6 heteroatoms. The second-order valence-corrected chi connectivity index (χ2v) is 5.17. The summed E-state index contributed by atoms with van der Waals surface area (Å²) in [6, 6.07) is 5.62. The fourth-order valence-electron chi connectivity index (χ4n) is 2.89. The third kappa shape index (κ3) is 3.47. The highest BCUT2D eigenvalue weighted by Gasteiger charge is 2.24. The largest absolute Gasteiger partial charge is 0.496 e. The van der Waals surface area contributed by atoms with Crippen LogP contribution in [0.4, 0.5) is 0 Å². The summed E-state index contributed by atoms with van der Waals surface area (Å²) in [5.74, 6) is 0.396. The van der Waals surface area contributed by atoms with E-state index in [0.29, 0.717) is 17.2 Å². The molecule has 2 atom stereocenters. The van der Waals surface area contributed by atoms with Gasteiger partial charge in [-0.3, -0.25) is 0 Å². The molecule has 2 rings (SSSR count). The zero-order valence-corrected chi connectivity index (χ0v) is 12.3. The van der Waals surface area contributed by atoms with E-state index in [-0.39, 0.29) is 6.04 Å². The Morgan fingerprint density at radius 3 is 2.86 bits per heavy atom. The van der Waals surface area contributed by atoms with Crippen molar-refractivity contribution >= 4 is 5.97 Å². The van der Waals surface area contributed by atoms with Crippen LogP contribution in [0.1, 0.15) is 47.5 Å². The van der Waals surface area contributed by atoms with Gasteiger partial charge in [-0.2, -0.15) is 0 Å².